The molecule has 0 radical (unpaired) electrons. The molecular weight excluding hydrogens is 529 g/mol. The Morgan fingerprint density at radius 2 is 1.77 bits per heavy atom. The van der Waals surface area contributed by atoms with Crippen LogP contribution in [0.4, 0.5) is 19.0 Å². The molecule has 0 unspecified atom stereocenters. The summed E-state index contributed by atoms with van der Waals surface area (Å²) in [6.45, 7) is 3.00. The average Bonchev–Trinajstić information content (AvgIpc) is 2.90. The number of ketones is 1. The Morgan fingerprint density at radius 1 is 1.05 bits per heavy atom. The summed E-state index contributed by atoms with van der Waals surface area (Å²) >= 11 is 6.27. The molecule has 0 atom stereocenters. The number of carbonyl (C=O) groups excluding carboxylic acids is 1. The molecule has 3 N–H and O–H groups in total. The van der Waals surface area contributed by atoms with Crippen LogP contribution in [0.3, 0.4) is 0 Å². The van der Waals surface area contributed by atoms with Crippen LogP contribution in [0, 0.1) is 11.8 Å². The molecular formula is C29H28ClF3N4O2. The first-order valence-electron chi connectivity index (χ1n) is 12.3. The molecule has 0 amide bonds. The molecule has 1 aromatic heterocycles. The third kappa shape index (κ3) is 7.37. The zero-order valence-corrected chi connectivity index (χ0v) is 22.1. The van der Waals surface area contributed by atoms with Gasteiger partial charge in [-0.25, -0.2) is 4.98 Å². The number of Topliss-reactive ketones (excluding diaryl/α,β-unsaturated/α-hetero) is 1. The normalized spacial score (nSPS) is 14.6. The molecule has 0 saturated carbocycles. The second kappa shape index (κ2) is 12.2. The number of nitrogens with zero attached hydrogens (tertiary/aromatic N) is 3. The summed E-state index contributed by atoms with van der Waals surface area (Å²) in [4.78, 5) is 21.2. The van der Waals surface area contributed by atoms with Crippen molar-refractivity contribution in [2.24, 2.45) is 0 Å². The minimum Gasteiger partial charge on any atom is -0.392 e. The number of nitrogen functional groups attached to an aromatic ring is 1. The SMILES string of the molecule is CN1CCN(Cc2ccc(CC(=O)c3ccc(Cl)c(C#Cc4cc(CO)cnc4N)c3)cc2C(F)(F)F)CC1. The maximum Gasteiger partial charge on any atom is 0.416 e. The van der Waals surface area contributed by atoms with Gasteiger partial charge in [-0.1, -0.05) is 35.6 Å². The standard InChI is InChI=1S/C29H28ClF3N4O2/c1-36-8-10-37(11-9-36)17-24-3-2-19(13-25(24)29(31,32)33)14-27(39)22-6-7-26(30)21(15-22)4-5-23-12-20(18-38)16-35-28(23)34/h2-3,6-7,12-13,15-16,38H,8-11,14,17-18H2,1H3,(H2,34,35). The number of halogens is 4. The van der Waals surface area contributed by atoms with Gasteiger partial charge >= 0.3 is 6.18 Å². The number of aliphatic hydroxyl groups is 1. The van der Waals surface area contributed by atoms with Crippen molar-refractivity contribution >= 4 is 23.2 Å². The quantitative estimate of drug-likeness (QED) is 0.346. The highest BCUT2D eigenvalue weighted by Gasteiger charge is 2.34. The van der Waals surface area contributed by atoms with Crippen LogP contribution in [-0.2, 0) is 25.7 Å². The molecule has 4 rings (SSSR count). The summed E-state index contributed by atoms with van der Waals surface area (Å²) in [6.07, 6.45) is -3.30. The molecule has 1 saturated heterocycles. The number of hydrogen-bond acceptors (Lipinski definition) is 6. The van der Waals surface area contributed by atoms with E-state index < -0.39 is 11.7 Å². The fourth-order valence-electron chi connectivity index (χ4n) is 4.30. The lowest BCUT2D eigenvalue weighted by Gasteiger charge is -2.33. The summed E-state index contributed by atoms with van der Waals surface area (Å²) in [5.41, 5.74) is 7.17. The number of benzene rings is 2. The molecule has 204 valence electrons. The number of alkyl halides is 3. The van der Waals surface area contributed by atoms with Crippen molar-refractivity contribution in [2.75, 3.05) is 39.0 Å². The number of anilines is 1. The van der Waals surface area contributed by atoms with Crippen LogP contribution >= 0.6 is 11.6 Å². The Labute approximate surface area is 230 Å². The van der Waals surface area contributed by atoms with Crippen molar-refractivity contribution in [3.05, 3.63) is 92.6 Å². The lowest BCUT2D eigenvalue weighted by atomic mass is 9.97. The van der Waals surface area contributed by atoms with Crippen LogP contribution in [0.2, 0.25) is 5.02 Å². The fraction of sp³-hybridized carbons (Fsp3) is 0.310. The Bertz CT molecular complexity index is 1420. The Morgan fingerprint density at radius 3 is 2.46 bits per heavy atom. The predicted molar refractivity (Wildman–Crippen MR) is 144 cm³/mol. The van der Waals surface area contributed by atoms with Gasteiger partial charge in [0.1, 0.15) is 5.82 Å². The topological polar surface area (TPSA) is 82.7 Å². The van der Waals surface area contributed by atoms with Crippen molar-refractivity contribution in [1.82, 2.24) is 14.8 Å². The number of pyridine rings is 1. The molecule has 0 spiro atoms. The monoisotopic (exact) mass is 556 g/mol. The number of rotatable bonds is 6. The van der Waals surface area contributed by atoms with Gasteiger partial charge in [-0.05, 0) is 54.1 Å². The van der Waals surface area contributed by atoms with Gasteiger partial charge in [-0.3, -0.25) is 9.69 Å². The van der Waals surface area contributed by atoms with E-state index in [2.05, 4.69) is 21.7 Å². The average molecular weight is 557 g/mol. The summed E-state index contributed by atoms with van der Waals surface area (Å²) in [7, 11) is 1.99. The van der Waals surface area contributed by atoms with E-state index in [9.17, 15) is 23.1 Å². The van der Waals surface area contributed by atoms with E-state index >= 15 is 0 Å². The highest BCUT2D eigenvalue weighted by Crippen LogP contribution is 2.34. The van der Waals surface area contributed by atoms with E-state index in [0.29, 0.717) is 34.8 Å². The Balaban J connectivity index is 1.54. The highest BCUT2D eigenvalue weighted by molar-refractivity contribution is 6.31. The molecule has 1 aliphatic rings. The molecule has 6 nitrogen and oxygen atoms in total. The van der Waals surface area contributed by atoms with Gasteiger partial charge in [0.15, 0.2) is 5.78 Å². The van der Waals surface area contributed by atoms with Gasteiger partial charge in [-0.15, -0.1) is 0 Å². The minimum atomic E-state index is -4.53. The first-order valence-corrected chi connectivity index (χ1v) is 12.7. The first kappa shape index (κ1) is 28.6. The lowest BCUT2D eigenvalue weighted by molar-refractivity contribution is -0.138. The zero-order valence-electron chi connectivity index (χ0n) is 21.4. The van der Waals surface area contributed by atoms with E-state index in [4.69, 9.17) is 17.3 Å². The predicted octanol–water partition coefficient (Wildman–Crippen LogP) is 4.40. The Kier molecular flexibility index (Phi) is 8.93. The maximum atomic E-state index is 13.9. The van der Waals surface area contributed by atoms with Crippen LogP contribution in [0.25, 0.3) is 0 Å². The van der Waals surface area contributed by atoms with E-state index in [0.717, 1.165) is 19.2 Å². The number of piperazine rings is 1. The molecule has 1 aliphatic heterocycles. The highest BCUT2D eigenvalue weighted by atomic mass is 35.5. The van der Waals surface area contributed by atoms with E-state index in [1.165, 1.54) is 30.5 Å². The van der Waals surface area contributed by atoms with Gasteiger partial charge in [-0.2, -0.15) is 13.2 Å². The number of likely N-dealkylation sites (N-methyl/N-ethyl adjacent to an activating group) is 1. The molecule has 0 bridgehead atoms. The fourth-order valence-corrected chi connectivity index (χ4v) is 4.47. The third-order valence-electron chi connectivity index (χ3n) is 6.61. The lowest BCUT2D eigenvalue weighted by Crippen LogP contribution is -2.44. The van der Waals surface area contributed by atoms with Crippen molar-refractivity contribution in [1.29, 1.82) is 0 Å². The smallest absolute Gasteiger partial charge is 0.392 e. The first-order chi connectivity index (χ1) is 18.5. The van der Waals surface area contributed by atoms with Crippen LogP contribution in [0.15, 0.2) is 48.7 Å². The second-order valence-electron chi connectivity index (χ2n) is 9.55. The van der Waals surface area contributed by atoms with Gasteiger partial charge in [0.05, 0.1) is 22.8 Å². The van der Waals surface area contributed by atoms with Crippen molar-refractivity contribution < 1.29 is 23.1 Å². The minimum absolute atomic E-state index is 0.180. The van der Waals surface area contributed by atoms with Gasteiger partial charge in [0, 0.05) is 56.5 Å². The number of hydrogen-bond donors (Lipinski definition) is 2. The van der Waals surface area contributed by atoms with Crippen LogP contribution in [0.1, 0.15) is 43.7 Å². The number of aromatic nitrogens is 1. The largest absolute Gasteiger partial charge is 0.416 e. The summed E-state index contributed by atoms with van der Waals surface area (Å²) in [5.74, 6) is 5.53. The summed E-state index contributed by atoms with van der Waals surface area (Å²) in [6, 6.07) is 10.3. The van der Waals surface area contributed by atoms with Gasteiger partial charge in [0.2, 0.25) is 0 Å². The third-order valence-corrected chi connectivity index (χ3v) is 6.94. The number of aliphatic hydroxyl groups excluding tert-OH is 1. The molecule has 0 aliphatic carbocycles. The molecule has 2 aromatic carbocycles. The molecule has 10 heteroatoms. The Hall–Kier alpha value is -3.42. The van der Waals surface area contributed by atoms with Crippen LogP contribution < -0.4 is 5.73 Å². The summed E-state index contributed by atoms with van der Waals surface area (Å²) < 4.78 is 41.8. The molecule has 3 aromatic rings. The van der Waals surface area contributed by atoms with Crippen LogP contribution in [-0.4, -0.2) is 58.9 Å². The van der Waals surface area contributed by atoms with Crippen molar-refractivity contribution in [2.45, 2.75) is 25.7 Å². The second-order valence-corrected chi connectivity index (χ2v) is 9.95. The van der Waals surface area contributed by atoms with Crippen molar-refractivity contribution in [3.63, 3.8) is 0 Å². The van der Waals surface area contributed by atoms with Crippen LogP contribution in [0.5, 0.6) is 0 Å². The van der Waals surface area contributed by atoms with Crippen molar-refractivity contribution in [3.8, 4) is 11.8 Å². The number of carbonyl (C=O) groups is 1. The maximum absolute atomic E-state index is 13.9. The number of nitrogens with two attached hydrogens (primary N) is 1. The van der Waals surface area contributed by atoms with E-state index in [1.807, 2.05) is 11.9 Å². The molecule has 39 heavy (non-hydrogen) atoms. The zero-order chi connectivity index (χ0) is 28.2. The summed E-state index contributed by atoms with van der Waals surface area (Å²) in [5, 5.41) is 9.61. The molecule has 1 fully saturated rings. The van der Waals surface area contributed by atoms with Gasteiger partial charge < -0.3 is 15.7 Å². The van der Waals surface area contributed by atoms with Gasteiger partial charge in [0.25, 0.3) is 0 Å². The van der Waals surface area contributed by atoms with E-state index in [-0.39, 0.29) is 47.9 Å². The molecule has 2 heterocycles. The van der Waals surface area contributed by atoms with E-state index in [1.54, 1.807) is 12.1 Å².